The Morgan fingerprint density at radius 2 is 1.17 bits per heavy atom. The van der Waals surface area contributed by atoms with E-state index in [2.05, 4.69) is 27.7 Å². The van der Waals surface area contributed by atoms with Gasteiger partial charge in [-0.1, -0.05) is 0 Å². The molecule has 0 heterocycles. The minimum absolute atomic E-state index is 0. The standard InChI is InChI=1S/2C5H11.S.Sn/c2*1-4-5(2)3;;/h2*5H,1,4H2,2-3H3;;/q;;-2;+2. The van der Waals surface area contributed by atoms with Gasteiger partial charge in [-0.25, -0.2) is 0 Å². The first-order valence-corrected chi connectivity index (χ1v) is 8.87. The summed E-state index contributed by atoms with van der Waals surface area (Å²) >= 11 is 0.0759. The van der Waals surface area contributed by atoms with Crippen molar-refractivity contribution in [2.75, 3.05) is 0 Å². The van der Waals surface area contributed by atoms with Crippen LogP contribution in [-0.2, 0) is 13.5 Å². The van der Waals surface area contributed by atoms with Gasteiger partial charge in [-0.15, -0.1) is 0 Å². The summed E-state index contributed by atoms with van der Waals surface area (Å²) in [6.07, 6.45) is 2.98. The fraction of sp³-hybridized carbons (Fsp3) is 1.00. The average molecular weight is 293 g/mol. The van der Waals surface area contributed by atoms with Crippen LogP contribution in [0.2, 0.25) is 8.87 Å². The predicted octanol–water partition coefficient (Wildman–Crippen LogP) is 3.62. The van der Waals surface area contributed by atoms with Gasteiger partial charge in [-0.3, -0.25) is 0 Å². The van der Waals surface area contributed by atoms with E-state index in [0.29, 0.717) is 0 Å². The Bertz CT molecular complexity index is 71.9. The molecule has 0 saturated carbocycles. The summed E-state index contributed by atoms with van der Waals surface area (Å²) in [6, 6.07) is 0. The molecule has 0 atom stereocenters. The second-order valence-corrected chi connectivity index (χ2v) is 8.40. The first-order chi connectivity index (χ1) is 5.13. The van der Waals surface area contributed by atoms with Gasteiger partial charge < -0.3 is 13.5 Å². The van der Waals surface area contributed by atoms with Crippen LogP contribution in [0, 0.1) is 11.8 Å². The topological polar surface area (TPSA) is 0 Å². The van der Waals surface area contributed by atoms with Gasteiger partial charge in [-0.05, 0) is 0 Å². The van der Waals surface area contributed by atoms with Crippen LogP contribution < -0.4 is 0 Å². The second-order valence-electron chi connectivity index (χ2n) is 4.12. The molecule has 0 radical (unpaired) electrons. The third-order valence-electron chi connectivity index (χ3n) is 1.80. The molecule has 12 heavy (non-hydrogen) atoms. The Morgan fingerprint density at radius 3 is 1.42 bits per heavy atom. The van der Waals surface area contributed by atoms with Crippen LogP contribution >= 0.6 is 0 Å². The third-order valence-corrected chi connectivity index (χ3v) is 5.46. The summed E-state index contributed by atoms with van der Waals surface area (Å²) in [5.41, 5.74) is 0. The van der Waals surface area contributed by atoms with Crippen LogP contribution in [0.3, 0.4) is 0 Å². The van der Waals surface area contributed by atoms with Crippen LogP contribution in [0.1, 0.15) is 40.5 Å². The number of hydrogen-bond donors (Lipinski definition) is 0. The maximum atomic E-state index is 2.34. The molecule has 0 bridgehead atoms. The molecule has 0 unspecified atom stereocenters. The van der Waals surface area contributed by atoms with Crippen molar-refractivity contribution in [1.29, 1.82) is 0 Å². The van der Waals surface area contributed by atoms with Gasteiger partial charge in [0.1, 0.15) is 0 Å². The molecule has 0 N–H and O–H groups in total. The Morgan fingerprint density at radius 1 is 0.833 bits per heavy atom. The largest absolute Gasteiger partial charge is 2.00 e. The summed E-state index contributed by atoms with van der Waals surface area (Å²) in [5.74, 6) is 1.88. The maximum absolute atomic E-state index is 2.34. The van der Waals surface area contributed by atoms with E-state index in [9.17, 15) is 0 Å². The first-order valence-electron chi connectivity index (χ1n) is 4.83. The summed E-state index contributed by atoms with van der Waals surface area (Å²) in [6.45, 7) is 9.34. The van der Waals surface area contributed by atoms with Crippen molar-refractivity contribution < 1.29 is 0 Å². The van der Waals surface area contributed by atoms with Crippen molar-refractivity contribution in [3.8, 4) is 0 Å². The summed E-state index contributed by atoms with van der Waals surface area (Å²) in [7, 11) is 0. The summed E-state index contributed by atoms with van der Waals surface area (Å²) in [4.78, 5) is 0. The third kappa shape index (κ3) is 13.7. The van der Waals surface area contributed by atoms with Gasteiger partial charge in [0, 0.05) is 0 Å². The van der Waals surface area contributed by atoms with E-state index < -0.39 is 0 Å². The Balaban J connectivity index is 0. The zero-order chi connectivity index (χ0) is 8.69. The van der Waals surface area contributed by atoms with E-state index in [1.54, 1.807) is 8.87 Å². The van der Waals surface area contributed by atoms with Crippen LogP contribution in [-0.4, -0.2) is 21.1 Å². The first kappa shape index (κ1) is 15.6. The Hall–Kier alpha value is 1.15. The molecule has 0 nitrogen and oxygen atoms in total. The molecule has 0 spiro atoms. The van der Waals surface area contributed by atoms with E-state index in [-0.39, 0.29) is 34.6 Å². The predicted molar refractivity (Wildman–Crippen MR) is 61.6 cm³/mol. The molecule has 0 aliphatic heterocycles. The molecular formula is C10H22SSn. The molecule has 0 rings (SSSR count). The van der Waals surface area contributed by atoms with Crippen LogP contribution in [0.5, 0.6) is 0 Å². The Kier molecular flexibility index (Phi) is 13.3. The van der Waals surface area contributed by atoms with E-state index in [1.165, 1.54) is 12.8 Å². The fourth-order valence-corrected chi connectivity index (χ4v) is 6.08. The van der Waals surface area contributed by atoms with Crippen molar-refractivity contribution in [2.24, 2.45) is 11.8 Å². The van der Waals surface area contributed by atoms with Crippen molar-refractivity contribution >= 4 is 34.6 Å². The molecule has 0 aromatic heterocycles. The molecule has 0 aromatic carbocycles. The van der Waals surface area contributed by atoms with Crippen molar-refractivity contribution in [1.82, 2.24) is 0 Å². The minimum Gasteiger partial charge on any atom is -2.00 e. The smallest absolute Gasteiger partial charge is 2.00 e. The fourth-order valence-electron chi connectivity index (χ4n) is 0.906. The molecule has 0 fully saturated rings. The van der Waals surface area contributed by atoms with Gasteiger partial charge in [-0.2, -0.15) is 0 Å². The zero-order valence-electron chi connectivity index (χ0n) is 8.89. The maximum Gasteiger partial charge on any atom is -2.00 e. The number of rotatable bonds is 6. The van der Waals surface area contributed by atoms with Crippen LogP contribution in [0.15, 0.2) is 0 Å². The molecule has 0 amide bonds. The van der Waals surface area contributed by atoms with Gasteiger partial charge in [0.15, 0.2) is 0 Å². The van der Waals surface area contributed by atoms with Crippen LogP contribution in [0.4, 0.5) is 0 Å². The molecule has 0 aromatic rings. The SMILES string of the molecule is CC(C)C[CH2][Sn+2][CH2]CC(C)C.[S-2]. The summed E-state index contributed by atoms with van der Waals surface area (Å²) in [5, 5.41) is 0. The van der Waals surface area contributed by atoms with Crippen molar-refractivity contribution in [2.45, 2.75) is 49.4 Å². The van der Waals surface area contributed by atoms with Gasteiger partial charge >= 0.3 is 82.4 Å². The second kappa shape index (κ2) is 10.2. The van der Waals surface area contributed by atoms with Gasteiger partial charge in [0.2, 0.25) is 0 Å². The molecule has 0 saturated heterocycles. The number of hydrogen-bond acceptors (Lipinski definition) is 0. The monoisotopic (exact) mass is 294 g/mol. The molecule has 0 aliphatic rings. The van der Waals surface area contributed by atoms with Gasteiger partial charge in [0.25, 0.3) is 0 Å². The van der Waals surface area contributed by atoms with Crippen LogP contribution in [0.25, 0.3) is 0 Å². The quantitative estimate of drug-likeness (QED) is 0.518. The molecule has 0 aliphatic carbocycles. The molecule has 2 heteroatoms. The van der Waals surface area contributed by atoms with E-state index in [1.807, 2.05) is 0 Å². The van der Waals surface area contributed by atoms with E-state index in [4.69, 9.17) is 0 Å². The molecular weight excluding hydrogens is 271 g/mol. The Labute approximate surface area is 95.6 Å². The zero-order valence-corrected chi connectivity index (χ0v) is 12.6. The van der Waals surface area contributed by atoms with E-state index in [0.717, 1.165) is 11.8 Å². The molecule has 72 valence electrons. The van der Waals surface area contributed by atoms with Crippen molar-refractivity contribution in [3.05, 3.63) is 0 Å². The van der Waals surface area contributed by atoms with E-state index >= 15 is 0 Å². The normalized spacial score (nSPS) is 9.83. The minimum atomic E-state index is 0. The van der Waals surface area contributed by atoms with Crippen molar-refractivity contribution in [3.63, 3.8) is 0 Å². The van der Waals surface area contributed by atoms with Gasteiger partial charge in [0.05, 0.1) is 0 Å². The average Bonchev–Trinajstić information content (AvgIpc) is 1.85. The summed E-state index contributed by atoms with van der Waals surface area (Å²) < 4.78 is 3.21.